The summed E-state index contributed by atoms with van der Waals surface area (Å²) in [5.41, 5.74) is 5.63. The summed E-state index contributed by atoms with van der Waals surface area (Å²) >= 11 is 8.43. The van der Waals surface area contributed by atoms with Gasteiger partial charge in [0, 0.05) is 12.4 Å². The van der Waals surface area contributed by atoms with Crippen LogP contribution in [0.1, 0.15) is 0 Å². The zero-order valence-corrected chi connectivity index (χ0v) is 24.6. The summed E-state index contributed by atoms with van der Waals surface area (Å²) in [4.78, 5) is 36.5. The SMILES string of the molecule is COc1ccc(N)c([N+](=O)[O-])c1.COc1ccc(Nc2ccnc(SC)n2)c([N+](=O)[O-])c1.CSc1nccc(Cl)n1. The van der Waals surface area contributed by atoms with Gasteiger partial charge in [0.05, 0.1) is 36.2 Å². The van der Waals surface area contributed by atoms with Crippen molar-refractivity contribution in [2.45, 2.75) is 10.3 Å². The number of thioether (sulfide) groups is 2. The lowest BCUT2D eigenvalue weighted by atomic mass is 10.2. The van der Waals surface area contributed by atoms with Crippen LogP contribution in [0.3, 0.4) is 0 Å². The van der Waals surface area contributed by atoms with E-state index in [0.29, 0.717) is 38.5 Å². The van der Waals surface area contributed by atoms with E-state index in [1.807, 2.05) is 12.5 Å². The molecular weight excluding hydrogens is 596 g/mol. The number of ether oxygens (including phenoxy) is 2. The van der Waals surface area contributed by atoms with Gasteiger partial charge >= 0.3 is 0 Å². The number of nitrogens with one attached hydrogen (secondary N) is 1. The van der Waals surface area contributed by atoms with Crippen LogP contribution < -0.4 is 20.5 Å². The Morgan fingerprint density at radius 1 is 0.829 bits per heavy atom. The van der Waals surface area contributed by atoms with Crippen LogP contribution in [0.15, 0.2) is 71.2 Å². The number of hydrogen-bond donors (Lipinski definition) is 2. The Balaban J connectivity index is 0.000000237. The average molecular weight is 621 g/mol. The van der Waals surface area contributed by atoms with Crippen LogP contribution in [0, 0.1) is 20.2 Å². The smallest absolute Gasteiger partial charge is 0.296 e. The molecule has 0 aliphatic carbocycles. The van der Waals surface area contributed by atoms with Gasteiger partial charge in [-0.05, 0) is 48.9 Å². The maximum absolute atomic E-state index is 11.1. The number of benzene rings is 2. The number of anilines is 3. The Morgan fingerprint density at radius 2 is 1.37 bits per heavy atom. The third kappa shape index (κ3) is 10.6. The fourth-order valence-electron chi connectivity index (χ4n) is 2.77. The van der Waals surface area contributed by atoms with E-state index in [9.17, 15) is 20.2 Å². The summed E-state index contributed by atoms with van der Waals surface area (Å²) in [6, 6.07) is 12.2. The minimum absolute atomic E-state index is 0.0753. The van der Waals surface area contributed by atoms with Crippen LogP contribution in [-0.2, 0) is 0 Å². The highest BCUT2D eigenvalue weighted by Gasteiger charge is 2.16. The summed E-state index contributed by atoms with van der Waals surface area (Å²) < 4.78 is 9.79. The zero-order chi connectivity index (χ0) is 30.4. The molecule has 0 atom stereocenters. The van der Waals surface area contributed by atoms with Gasteiger partial charge in [0.2, 0.25) is 0 Å². The van der Waals surface area contributed by atoms with Crippen molar-refractivity contribution < 1.29 is 19.3 Å². The number of nitro benzene ring substituents is 2. The maximum atomic E-state index is 11.1. The van der Waals surface area contributed by atoms with Crippen molar-refractivity contribution in [3.05, 3.63) is 86.3 Å². The van der Waals surface area contributed by atoms with E-state index < -0.39 is 9.85 Å². The summed E-state index contributed by atoms with van der Waals surface area (Å²) in [7, 11) is 2.90. The van der Waals surface area contributed by atoms with Crippen LogP contribution in [0.4, 0.5) is 28.6 Å². The number of methoxy groups -OCH3 is 2. The average Bonchev–Trinajstić information content (AvgIpc) is 2.98. The molecule has 0 amide bonds. The first-order valence-electron chi connectivity index (χ1n) is 11.2. The number of nitro groups is 2. The van der Waals surface area contributed by atoms with Crippen LogP contribution >= 0.6 is 35.1 Å². The predicted octanol–water partition coefficient (Wildman–Crippen LogP) is 5.90. The summed E-state index contributed by atoms with van der Waals surface area (Å²) in [5.74, 6) is 1.35. The Bertz CT molecular complexity index is 1480. The van der Waals surface area contributed by atoms with Gasteiger partial charge in [-0.1, -0.05) is 35.1 Å². The van der Waals surface area contributed by atoms with Crippen molar-refractivity contribution in [1.82, 2.24) is 19.9 Å². The van der Waals surface area contributed by atoms with Crippen molar-refractivity contribution in [3.8, 4) is 11.5 Å². The van der Waals surface area contributed by atoms with Crippen molar-refractivity contribution in [1.29, 1.82) is 0 Å². The first-order valence-corrected chi connectivity index (χ1v) is 14.0. The first kappa shape index (κ1) is 32.8. The summed E-state index contributed by atoms with van der Waals surface area (Å²) in [6.07, 6.45) is 7.00. The highest BCUT2D eigenvalue weighted by molar-refractivity contribution is 7.98. The van der Waals surface area contributed by atoms with Crippen LogP contribution in [0.2, 0.25) is 5.15 Å². The summed E-state index contributed by atoms with van der Waals surface area (Å²) in [5, 5.41) is 26.1. The third-order valence-electron chi connectivity index (χ3n) is 4.70. The van der Waals surface area contributed by atoms with E-state index in [-0.39, 0.29) is 17.1 Å². The van der Waals surface area contributed by atoms with E-state index in [1.54, 1.807) is 42.7 Å². The van der Waals surface area contributed by atoms with Crippen molar-refractivity contribution in [3.63, 3.8) is 0 Å². The molecular formula is C24H25ClN8O6S2. The number of hydrogen-bond acceptors (Lipinski definition) is 14. The third-order valence-corrected chi connectivity index (χ3v) is 6.03. The zero-order valence-electron chi connectivity index (χ0n) is 22.2. The number of nitrogen functional groups attached to an aromatic ring is 1. The van der Waals surface area contributed by atoms with Crippen molar-refractivity contribution in [2.24, 2.45) is 0 Å². The van der Waals surface area contributed by atoms with Gasteiger partial charge in [-0.3, -0.25) is 20.2 Å². The maximum Gasteiger partial charge on any atom is 0.296 e. The van der Waals surface area contributed by atoms with Gasteiger partial charge in [0.1, 0.15) is 33.8 Å². The Kier molecular flexibility index (Phi) is 13.3. The largest absolute Gasteiger partial charge is 0.496 e. The molecule has 41 heavy (non-hydrogen) atoms. The first-order chi connectivity index (χ1) is 19.6. The highest BCUT2D eigenvalue weighted by atomic mass is 35.5. The molecule has 0 radical (unpaired) electrons. The van der Waals surface area contributed by atoms with Gasteiger partial charge in [-0.2, -0.15) is 0 Å². The van der Waals surface area contributed by atoms with Crippen molar-refractivity contribution >= 4 is 63.7 Å². The Morgan fingerprint density at radius 3 is 1.88 bits per heavy atom. The van der Waals surface area contributed by atoms with Gasteiger partial charge in [-0.15, -0.1) is 0 Å². The van der Waals surface area contributed by atoms with Crippen LogP contribution in [-0.4, -0.2) is 56.5 Å². The lowest BCUT2D eigenvalue weighted by molar-refractivity contribution is -0.384. The molecule has 2 heterocycles. The second-order valence-electron chi connectivity index (χ2n) is 7.24. The van der Waals surface area contributed by atoms with Gasteiger partial charge in [-0.25, -0.2) is 19.9 Å². The second-order valence-corrected chi connectivity index (χ2v) is 9.18. The lowest BCUT2D eigenvalue weighted by Crippen LogP contribution is -2.00. The second kappa shape index (κ2) is 16.6. The fourth-order valence-corrected chi connectivity index (χ4v) is 3.67. The molecule has 0 bridgehead atoms. The van der Waals surface area contributed by atoms with E-state index in [4.69, 9.17) is 26.8 Å². The van der Waals surface area contributed by atoms with E-state index in [2.05, 4.69) is 25.3 Å². The number of nitrogens with zero attached hydrogens (tertiary/aromatic N) is 6. The molecule has 14 nitrogen and oxygen atoms in total. The molecule has 17 heteroatoms. The van der Waals surface area contributed by atoms with Crippen LogP contribution in [0.5, 0.6) is 11.5 Å². The molecule has 0 saturated carbocycles. The van der Waals surface area contributed by atoms with Gasteiger partial charge < -0.3 is 20.5 Å². The Hall–Kier alpha value is -4.41. The van der Waals surface area contributed by atoms with E-state index in [0.717, 1.165) is 0 Å². The summed E-state index contributed by atoms with van der Waals surface area (Å²) in [6.45, 7) is 0. The van der Waals surface area contributed by atoms with Gasteiger partial charge in [0.15, 0.2) is 10.3 Å². The Labute approximate surface area is 248 Å². The minimum Gasteiger partial charge on any atom is -0.496 e. The predicted molar refractivity (Wildman–Crippen MR) is 160 cm³/mol. The number of aromatic nitrogens is 4. The molecule has 0 aliphatic rings. The standard InChI is InChI=1S/C12H12N4O3S.C7H8N2O3.C5H5ClN2S/c1-19-8-3-4-9(10(7-8)16(17)18)14-11-5-6-13-12(15-11)20-2;1-12-5-2-3-6(8)7(4-5)9(10)11;1-9-5-7-3-2-4(6)8-5/h3-7H,1-2H3,(H,13,14,15);2-4H,8H2,1H3;2-3H,1H3. The van der Waals surface area contributed by atoms with E-state index >= 15 is 0 Å². The number of rotatable bonds is 8. The topological polar surface area (TPSA) is 194 Å². The normalized spacial score (nSPS) is 9.78. The van der Waals surface area contributed by atoms with E-state index in [1.165, 1.54) is 55.9 Å². The molecule has 0 fully saturated rings. The highest BCUT2D eigenvalue weighted by Crippen LogP contribution is 2.31. The van der Waals surface area contributed by atoms with Crippen molar-refractivity contribution in [2.75, 3.05) is 37.8 Å². The van der Waals surface area contributed by atoms with Crippen LogP contribution in [0.25, 0.3) is 0 Å². The molecule has 0 spiro atoms. The molecule has 3 N–H and O–H groups in total. The molecule has 4 aromatic rings. The molecule has 0 saturated heterocycles. The molecule has 2 aromatic heterocycles. The monoisotopic (exact) mass is 620 g/mol. The number of halogens is 1. The molecule has 216 valence electrons. The molecule has 2 aromatic carbocycles. The molecule has 0 aliphatic heterocycles. The number of nitrogens with two attached hydrogens (primary N) is 1. The minimum atomic E-state index is -0.544. The fraction of sp³-hybridized carbons (Fsp3) is 0.167. The molecule has 4 rings (SSSR count). The van der Waals surface area contributed by atoms with Gasteiger partial charge in [0.25, 0.3) is 11.4 Å². The molecule has 0 unspecified atom stereocenters. The quantitative estimate of drug-likeness (QED) is 0.0590. The lowest BCUT2D eigenvalue weighted by Gasteiger charge is -2.08.